The Kier molecular flexibility index (Phi) is 3.73. The Morgan fingerprint density at radius 2 is 2.15 bits per heavy atom. The van der Waals surface area contributed by atoms with Crippen molar-refractivity contribution in [2.75, 3.05) is 0 Å². The molecule has 0 bridgehead atoms. The topological polar surface area (TPSA) is 26.0 Å². The minimum atomic E-state index is 0.280. The van der Waals surface area contributed by atoms with Gasteiger partial charge >= 0.3 is 0 Å². The molecule has 1 heteroatoms. The van der Waals surface area contributed by atoms with E-state index in [1.807, 2.05) is 0 Å². The van der Waals surface area contributed by atoms with Gasteiger partial charge in [0, 0.05) is 6.04 Å². The first-order valence-electron chi connectivity index (χ1n) is 5.31. The Bertz CT molecular complexity index is 225. The Balaban J connectivity index is 2.99. The van der Waals surface area contributed by atoms with Crippen LogP contribution in [0.2, 0.25) is 0 Å². The summed E-state index contributed by atoms with van der Waals surface area (Å²) in [7, 11) is 0. The molecule has 2 atom stereocenters. The van der Waals surface area contributed by atoms with E-state index in [2.05, 4.69) is 32.9 Å². The average molecular weight is 179 g/mol. The highest BCUT2D eigenvalue weighted by molar-refractivity contribution is 5.33. The maximum atomic E-state index is 6.08. The summed E-state index contributed by atoms with van der Waals surface area (Å²) in [5, 5.41) is 0. The van der Waals surface area contributed by atoms with Crippen molar-refractivity contribution < 1.29 is 0 Å². The molecular weight excluding hydrogens is 158 g/mol. The highest BCUT2D eigenvalue weighted by Gasteiger charge is 2.21. The second-order valence-electron chi connectivity index (χ2n) is 3.92. The van der Waals surface area contributed by atoms with E-state index in [0.29, 0.717) is 0 Å². The van der Waals surface area contributed by atoms with Gasteiger partial charge in [0.05, 0.1) is 0 Å². The predicted molar refractivity (Wildman–Crippen MR) is 58.5 cm³/mol. The van der Waals surface area contributed by atoms with Crippen LogP contribution in [0.25, 0.3) is 0 Å². The first-order valence-corrected chi connectivity index (χ1v) is 5.31. The molecule has 0 unspecified atom stereocenters. The summed E-state index contributed by atoms with van der Waals surface area (Å²) in [6.07, 6.45) is 7.84. The van der Waals surface area contributed by atoms with Gasteiger partial charge in [-0.05, 0) is 37.7 Å². The van der Waals surface area contributed by atoms with Crippen LogP contribution in [-0.2, 0) is 0 Å². The van der Waals surface area contributed by atoms with Crippen molar-refractivity contribution in [2.45, 2.75) is 46.1 Å². The van der Waals surface area contributed by atoms with Gasteiger partial charge in [0.1, 0.15) is 0 Å². The third kappa shape index (κ3) is 2.22. The normalized spacial score (nSPS) is 30.2. The quantitative estimate of drug-likeness (QED) is 0.692. The second kappa shape index (κ2) is 4.61. The number of hydrogen-bond acceptors (Lipinski definition) is 1. The molecule has 0 fully saturated rings. The van der Waals surface area contributed by atoms with Gasteiger partial charge in [-0.3, -0.25) is 0 Å². The van der Waals surface area contributed by atoms with E-state index in [0.717, 1.165) is 18.8 Å². The molecule has 1 aliphatic rings. The van der Waals surface area contributed by atoms with Crippen molar-refractivity contribution in [1.82, 2.24) is 0 Å². The first kappa shape index (κ1) is 10.5. The van der Waals surface area contributed by atoms with Gasteiger partial charge in [0.2, 0.25) is 0 Å². The molecule has 74 valence electrons. The highest BCUT2D eigenvalue weighted by atomic mass is 14.6. The first-order chi connectivity index (χ1) is 6.20. The molecule has 0 aromatic heterocycles. The summed E-state index contributed by atoms with van der Waals surface area (Å²) in [6, 6.07) is 0.280. The van der Waals surface area contributed by atoms with E-state index in [-0.39, 0.29) is 6.04 Å². The smallest absolute Gasteiger partial charge is 0.0294 e. The van der Waals surface area contributed by atoms with Crippen LogP contribution in [0, 0.1) is 5.92 Å². The fourth-order valence-corrected chi connectivity index (χ4v) is 2.24. The maximum absolute atomic E-state index is 6.08. The number of allylic oxidation sites excluding steroid dienone is 2. The van der Waals surface area contributed by atoms with E-state index in [9.17, 15) is 0 Å². The van der Waals surface area contributed by atoms with E-state index < -0.39 is 0 Å². The summed E-state index contributed by atoms with van der Waals surface area (Å²) in [5.41, 5.74) is 9.04. The van der Waals surface area contributed by atoms with E-state index in [4.69, 9.17) is 5.73 Å². The largest absolute Gasteiger partial charge is 0.324 e. The molecule has 0 saturated carbocycles. The minimum absolute atomic E-state index is 0.280. The predicted octanol–water partition coefficient (Wildman–Crippen LogP) is 3.03. The molecule has 0 aromatic carbocycles. The summed E-state index contributed by atoms with van der Waals surface area (Å²) >= 11 is 0. The van der Waals surface area contributed by atoms with Gasteiger partial charge in [0.25, 0.3) is 0 Å². The Labute approximate surface area is 81.7 Å². The lowest BCUT2D eigenvalue weighted by molar-refractivity contribution is 0.490. The van der Waals surface area contributed by atoms with Crippen LogP contribution < -0.4 is 5.73 Å². The van der Waals surface area contributed by atoms with Gasteiger partial charge in [-0.1, -0.05) is 31.6 Å². The van der Waals surface area contributed by atoms with Crippen LogP contribution in [0.3, 0.4) is 0 Å². The van der Waals surface area contributed by atoms with Gasteiger partial charge in [-0.15, -0.1) is 0 Å². The fraction of sp³-hybridized carbons (Fsp3) is 0.667. The second-order valence-corrected chi connectivity index (χ2v) is 3.92. The lowest BCUT2D eigenvalue weighted by Gasteiger charge is -2.28. The van der Waals surface area contributed by atoms with Gasteiger partial charge in [-0.2, -0.15) is 0 Å². The maximum Gasteiger partial charge on any atom is 0.0294 e. The van der Waals surface area contributed by atoms with Gasteiger partial charge in [-0.25, -0.2) is 0 Å². The van der Waals surface area contributed by atoms with Crippen molar-refractivity contribution in [3.05, 3.63) is 23.3 Å². The molecule has 0 saturated heterocycles. The summed E-state index contributed by atoms with van der Waals surface area (Å²) in [6.45, 7) is 6.61. The zero-order valence-electron chi connectivity index (χ0n) is 9.01. The summed E-state index contributed by atoms with van der Waals surface area (Å²) < 4.78 is 0. The number of hydrogen-bond donors (Lipinski definition) is 1. The molecule has 0 aromatic rings. The van der Waals surface area contributed by atoms with Crippen LogP contribution in [0.4, 0.5) is 0 Å². The van der Waals surface area contributed by atoms with Crippen molar-refractivity contribution in [2.24, 2.45) is 11.7 Å². The molecule has 1 rings (SSSR count). The van der Waals surface area contributed by atoms with E-state index >= 15 is 0 Å². The van der Waals surface area contributed by atoms with Crippen molar-refractivity contribution in [3.63, 3.8) is 0 Å². The Hall–Kier alpha value is -0.560. The van der Waals surface area contributed by atoms with Crippen LogP contribution in [0.1, 0.15) is 40.0 Å². The molecule has 0 aliphatic heterocycles. The zero-order valence-corrected chi connectivity index (χ0v) is 9.01. The lowest BCUT2D eigenvalue weighted by Crippen LogP contribution is -2.28. The number of nitrogens with two attached hydrogens (primary N) is 1. The molecule has 2 N–H and O–H groups in total. The molecular formula is C12H21N. The van der Waals surface area contributed by atoms with Crippen molar-refractivity contribution in [1.29, 1.82) is 0 Å². The zero-order chi connectivity index (χ0) is 9.84. The average Bonchev–Trinajstić information content (AvgIpc) is 2.12. The fourth-order valence-electron chi connectivity index (χ4n) is 2.24. The van der Waals surface area contributed by atoms with Crippen LogP contribution >= 0.6 is 0 Å². The summed E-state index contributed by atoms with van der Waals surface area (Å²) in [4.78, 5) is 0. The van der Waals surface area contributed by atoms with Gasteiger partial charge < -0.3 is 5.73 Å². The van der Waals surface area contributed by atoms with Gasteiger partial charge in [0.15, 0.2) is 0 Å². The molecule has 0 amide bonds. The SMILES string of the molecule is C/C=C\C1=C(CC)[C@H](C)CC[C@@H]1N. The molecule has 13 heavy (non-hydrogen) atoms. The van der Waals surface area contributed by atoms with E-state index in [1.54, 1.807) is 5.57 Å². The highest BCUT2D eigenvalue weighted by Crippen LogP contribution is 2.31. The Morgan fingerprint density at radius 1 is 1.46 bits per heavy atom. The van der Waals surface area contributed by atoms with Crippen LogP contribution in [0.5, 0.6) is 0 Å². The molecule has 1 aliphatic carbocycles. The number of rotatable bonds is 2. The van der Waals surface area contributed by atoms with Crippen LogP contribution in [0.15, 0.2) is 23.3 Å². The molecule has 1 nitrogen and oxygen atoms in total. The van der Waals surface area contributed by atoms with E-state index in [1.165, 1.54) is 12.0 Å². The Morgan fingerprint density at radius 3 is 2.69 bits per heavy atom. The molecule has 0 spiro atoms. The minimum Gasteiger partial charge on any atom is -0.324 e. The summed E-state index contributed by atoms with van der Waals surface area (Å²) in [5.74, 6) is 0.732. The lowest BCUT2D eigenvalue weighted by atomic mass is 9.80. The standard InChI is InChI=1S/C12H21N/c1-4-6-11-10(5-2)9(3)7-8-12(11)13/h4,6,9,12H,5,7-8,13H2,1-3H3/b6-4-/t9-,12+/m1/s1. The van der Waals surface area contributed by atoms with Crippen molar-refractivity contribution >= 4 is 0 Å². The van der Waals surface area contributed by atoms with Crippen molar-refractivity contribution in [3.8, 4) is 0 Å². The third-order valence-corrected chi connectivity index (χ3v) is 3.00. The molecule has 0 radical (unpaired) electrons. The molecule has 0 heterocycles. The third-order valence-electron chi connectivity index (χ3n) is 3.00. The van der Waals surface area contributed by atoms with Crippen LogP contribution in [-0.4, -0.2) is 6.04 Å². The monoisotopic (exact) mass is 179 g/mol.